The number of pyridine rings is 1. The Morgan fingerprint density at radius 2 is 1.53 bits per heavy atom. The van der Waals surface area contributed by atoms with Gasteiger partial charge in [-0.25, -0.2) is 14.7 Å². The van der Waals surface area contributed by atoms with Crippen molar-refractivity contribution in [3.05, 3.63) is 126 Å². The Balaban J connectivity index is 1.50. The van der Waals surface area contributed by atoms with Crippen LogP contribution in [0.15, 0.2) is 113 Å². The van der Waals surface area contributed by atoms with Crippen molar-refractivity contribution in [2.75, 3.05) is 10.2 Å². The second-order valence-corrected chi connectivity index (χ2v) is 9.47. The Kier molecular flexibility index (Phi) is 5.14. The van der Waals surface area contributed by atoms with E-state index in [1.807, 2.05) is 78.5 Å². The van der Waals surface area contributed by atoms with Gasteiger partial charge in [0.15, 0.2) is 17.5 Å². The number of aromatic nitrogens is 3. The van der Waals surface area contributed by atoms with E-state index in [-0.39, 0.29) is 6.04 Å². The Morgan fingerprint density at radius 3 is 2.32 bits per heavy atom. The average molecular weight is 496 g/mol. The van der Waals surface area contributed by atoms with E-state index in [4.69, 9.17) is 20.1 Å². The standard InChI is InChI=1S/C31H25N7/c1-20-15-17-23(18-16-20)38-30-27(21(2)36-38)28(25-13-8-9-19-32-25)37-26-14-7-6-12-24(26)34-29(31(37)35-30)33-22-10-4-3-5-11-22/h3-19,28H,1-2H3,(H,33,34)/t28-/m1/s1. The lowest BCUT2D eigenvalue weighted by Gasteiger charge is -2.40. The minimum absolute atomic E-state index is 0.234. The third kappa shape index (κ3) is 3.59. The number of rotatable bonds is 3. The molecule has 0 saturated carbocycles. The number of hydrogen-bond acceptors (Lipinski definition) is 6. The van der Waals surface area contributed by atoms with Gasteiger partial charge in [0.1, 0.15) is 6.04 Å². The Bertz CT molecular complexity index is 1700. The number of aryl methyl sites for hydroxylation is 2. The molecule has 1 N–H and O–H groups in total. The van der Waals surface area contributed by atoms with Crippen molar-refractivity contribution >= 4 is 34.6 Å². The molecular formula is C31H25N7. The van der Waals surface area contributed by atoms with Crippen LogP contribution in [0.25, 0.3) is 5.69 Å². The zero-order valence-electron chi connectivity index (χ0n) is 21.1. The summed E-state index contributed by atoms with van der Waals surface area (Å²) in [4.78, 5) is 17.3. The molecule has 0 aliphatic carbocycles. The van der Waals surface area contributed by atoms with Crippen LogP contribution in [0.4, 0.5) is 22.9 Å². The van der Waals surface area contributed by atoms with Crippen molar-refractivity contribution in [2.45, 2.75) is 19.9 Å². The van der Waals surface area contributed by atoms with Crippen LogP contribution >= 0.6 is 0 Å². The number of nitrogens with one attached hydrogen (secondary N) is 1. The first-order valence-electron chi connectivity index (χ1n) is 12.6. The van der Waals surface area contributed by atoms with E-state index in [0.717, 1.165) is 51.4 Å². The van der Waals surface area contributed by atoms with Gasteiger partial charge in [-0.15, -0.1) is 0 Å². The number of para-hydroxylation sites is 3. The van der Waals surface area contributed by atoms with Crippen molar-refractivity contribution in [1.29, 1.82) is 0 Å². The quantitative estimate of drug-likeness (QED) is 0.303. The van der Waals surface area contributed by atoms with Gasteiger partial charge in [-0.05, 0) is 62.4 Å². The van der Waals surface area contributed by atoms with Crippen LogP contribution in [0.1, 0.15) is 28.6 Å². The summed E-state index contributed by atoms with van der Waals surface area (Å²) < 4.78 is 1.94. The highest BCUT2D eigenvalue weighted by Gasteiger charge is 2.42. The Labute approximate surface area is 220 Å². The van der Waals surface area contributed by atoms with Crippen molar-refractivity contribution in [3.63, 3.8) is 0 Å². The number of benzene rings is 3. The van der Waals surface area contributed by atoms with Gasteiger partial charge >= 0.3 is 0 Å². The maximum Gasteiger partial charge on any atom is 0.179 e. The van der Waals surface area contributed by atoms with Crippen molar-refractivity contribution in [3.8, 4) is 5.69 Å². The summed E-state index contributed by atoms with van der Waals surface area (Å²) in [6.45, 7) is 4.13. The second kappa shape index (κ2) is 8.81. The van der Waals surface area contributed by atoms with Crippen molar-refractivity contribution in [1.82, 2.24) is 14.8 Å². The summed E-state index contributed by atoms with van der Waals surface area (Å²) >= 11 is 0. The smallest absolute Gasteiger partial charge is 0.179 e. The van der Waals surface area contributed by atoms with E-state index in [0.29, 0.717) is 5.84 Å². The number of amidine groups is 2. The van der Waals surface area contributed by atoms with Gasteiger partial charge in [-0.2, -0.15) is 5.10 Å². The summed E-state index contributed by atoms with van der Waals surface area (Å²) in [6.07, 6.45) is 1.84. The molecule has 1 atom stereocenters. The molecule has 3 aromatic carbocycles. The highest BCUT2D eigenvalue weighted by molar-refractivity contribution is 6.51. The van der Waals surface area contributed by atoms with E-state index >= 15 is 0 Å². The summed E-state index contributed by atoms with van der Waals surface area (Å²) in [5.41, 5.74) is 7.82. The first kappa shape index (κ1) is 22.2. The predicted octanol–water partition coefficient (Wildman–Crippen LogP) is 6.68. The molecule has 5 aromatic rings. The number of hydrogen-bond donors (Lipinski definition) is 1. The van der Waals surface area contributed by atoms with Gasteiger partial charge in [0.2, 0.25) is 0 Å². The number of aliphatic imine (C=N–C) groups is 2. The third-order valence-corrected chi connectivity index (χ3v) is 6.92. The van der Waals surface area contributed by atoms with Gasteiger partial charge in [-0.1, -0.05) is 54.1 Å². The summed E-state index contributed by atoms with van der Waals surface area (Å²) in [7, 11) is 0. The fourth-order valence-electron chi connectivity index (χ4n) is 5.14. The lowest BCUT2D eigenvalue weighted by molar-refractivity contribution is 0.785. The molecule has 0 fully saturated rings. The highest BCUT2D eigenvalue weighted by Crippen LogP contribution is 2.47. The second-order valence-electron chi connectivity index (χ2n) is 9.47. The summed E-state index contributed by atoms with van der Waals surface area (Å²) in [6, 6.07) is 32.4. The van der Waals surface area contributed by atoms with Crippen LogP contribution in [-0.2, 0) is 0 Å². The molecule has 0 bridgehead atoms. The van der Waals surface area contributed by atoms with E-state index in [1.54, 1.807) is 0 Å². The van der Waals surface area contributed by atoms with E-state index in [1.165, 1.54) is 5.56 Å². The van der Waals surface area contributed by atoms with Gasteiger partial charge in [0.05, 0.1) is 28.5 Å². The summed E-state index contributed by atoms with van der Waals surface area (Å²) in [5, 5.41) is 8.51. The predicted molar refractivity (Wildman–Crippen MR) is 152 cm³/mol. The lowest BCUT2D eigenvalue weighted by atomic mass is 9.96. The molecule has 0 spiro atoms. The van der Waals surface area contributed by atoms with Crippen LogP contribution in [0.3, 0.4) is 0 Å². The molecule has 38 heavy (non-hydrogen) atoms. The fraction of sp³-hybridized carbons (Fsp3) is 0.0968. The third-order valence-electron chi connectivity index (χ3n) is 6.92. The SMILES string of the molecule is Cc1ccc(-n2nc(C)c3c2N=C2C(Nc4ccccc4)=Nc4ccccc4N2[C@@H]3c2ccccn2)cc1. The molecule has 7 rings (SSSR count). The monoisotopic (exact) mass is 495 g/mol. The largest absolute Gasteiger partial charge is 0.337 e. The van der Waals surface area contributed by atoms with Crippen molar-refractivity contribution in [2.24, 2.45) is 9.98 Å². The molecule has 2 aromatic heterocycles. The topological polar surface area (TPSA) is 70.7 Å². The van der Waals surface area contributed by atoms with E-state index in [2.05, 4.69) is 53.5 Å². The van der Waals surface area contributed by atoms with Gasteiger partial charge in [0, 0.05) is 17.4 Å². The molecular weight excluding hydrogens is 470 g/mol. The van der Waals surface area contributed by atoms with Crippen LogP contribution in [0, 0.1) is 13.8 Å². The maximum absolute atomic E-state index is 5.26. The van der Waals surface area contributed by atoms with Crippen LogP contribution in [0.5, 0.6) is 0 Å². The number of nitrogens with zero attached hydrogens (tertiary/aromatic N) is 6. The first-order chi connectivity index (χ1) is 18.7. The fourth-order valence-corrected chi connectivity index (χ4v) is 5.14. The van der Waals surface area contributed by atoms with Gasteiger partial charge in [-0.3, -0.25) is 4.98 Å². The lowest BCUT2D eigenvalue weighted by Crippen LogP contribution is -2.46. The molecule has 0 saturated heterocycles. The molecule has 0 unspecified atom stereocenters. The highest BCUT2D eigenvalue weighted by atomic mass is 15.4. The maximum atomic E-state index is 5.26. The Hall–Kier alpha value is -5.04. The van der Waals surface area contributed by atoms with Crippen LogP contribution in [0.2, 0.25) is 0 Å². The molecule has 184 valence electrons. The van der Waals surface area contributed by atoms with E-state index in [9.17, 15) is 0 Å². The molecule has 7 heteroatoms. The van der Waals surface area contributed by atoms with Gasteiger partial charge in [0.25, 0.3) is 0 Å². The minimum atomic E-state index is -0.234. The number of fused-ring (bicyclic) bond motifs is 4. The minimum Gasteiger partial charge on any atom is -0.337 e. The normalized spacial score (nSPS) is 15.6. The molecule has 2 aliphatic heterocycles. The number of anilines is 2. The molecule has 0 amide bonds. The van der Waals surface area contributed by atoms with Crippen LogP contribution in [-0.4, -0.2) is 26.4 Å². The van der Waals surface area contributed by atoms with Crippen molar-refractivity contribution < 1.29 is 0 Å². The molecule has 7 nitrogen and oxygen atoms in total. The summed E-state index contributed by atoms with van der Waals surface area (Å²) in [5.74, 6) is 2.19. The molecule has 2 aliphatic rings. The molecule has 0 radical (unpaired) electrons. The van der Waals surface area contributed by atoms with Gasteiger partial charge < -0.3 is 10.2 Å². The average Bonchev–Trinajstić information content (AvgIpc) is 3.29. The zero-order valence-corrected chi connectivity index (χ0v) is 21.1. The zero-order chi connectivity index (χ0) is 25.6. The Morgan fingerprint density at radius 1 is 0.763 bits per heavy atom. The van der Waals surface area contributed by atoms with E-state index < -0.39 is 0 Å². The van der Waals surface area contributed by atoms with Crippen LogP contribution < -0.4 is 10.2 Å². The first-order valence-corrected chi connectivity index (χ1v) is 12.6. The molecule has 4 heterocycles.